The first-order chi connectivity index (χ1) is 12.7. The number of ether oxygens (including phenoxy) is 1. The maximum Gasteiger partial charge on any atom is 0.175 e. The molecule has 0 aromatic carbocycles. The number of hydrogen-bond donors (Lipinski definition) is 1. The van der Waals surface area contributed by atoms with Crippen LogP contribution in [0.15, 0.2) is 61.2 Å². The van der Waals surface area contributed by atoms with Gasteiger partial charge in [-0.3, -0.25) is 0 Å². The first-order valence-corrected chi connectivity index (χ1v) is 8.95. The van der Waals surface area contributed by atoms with Gasteiger partial charge in [0, 0.05) is 12.4 Å². The Balaban J connectivity index is 1.62. The van der Waals surface area contributed by atoms with Crippen LogP contribution in [0.3, 0.4) is 0 Å². The summed E-state index contributed by atoms with van der Waals surface area (Å²) in [6.45, 7) is 0. The monoisotopic (exact) mass is 383 g/mol. The van der Waals surface area contributed by atoms with Gasteiger partial charge in [0.2, 0.25) is 0 Å². The summed E-state index contributed by atoms with van der Waals surface area (Å²) in [5, 5.41) is 3.95. The summed E-state index contributed by atoms with van der Waals surface area (Å²) in [6.07, 6.45) is 7.34. The fourth-order valence-corrected chi connectivity index (χ4v) is 3.32. The zero-order chi connectivity index (χ0) is 17.9. The quantitative estimate of drug-likeness (QED) is 0.536. The van der Waals surface area contributed by atoms with Crippen molar-refractivity contribution in [3.8, 4) is 22.1 Å². The Morgan fingerprint density at radius 2 is 1.92 bits per heavy atom. The second kappa shape index (κ2) is 7.15. The van der Waals surface area contributed by atoms with Crippen LogP contribution in [-0.4, -0.2) is 26.6 Å². The maximum atomic E-state index is 5.97. The van der Waals surface area contributed by atoms with Gasteiger partial charge in [0.15, 0.2) is 11.6 Å². The van der Waals surface area contributed by atoms with Crippen molar-refractivity contribution in [1.29, 1.82) is 0 Å². The van der Waals surface area contributed by atoms with E-state index in [-0.39, 0.29) is 0 Å². The molecule has 0 radical (unpaired) electrons. The van der Waals surface area contributed by atoms with Crippen LogP contribution in [-0.2, 0) is 0 Å². The highest BCUT2D eigenvalue weighted by Crippen LogP contribution is 2.32. The summed E-state index contributed by atoms with van der Waals surface area (Å²) in [5.74, 6) is 1.85. The summed E-state index contributed by atoms with van der Waals surface area (Å²) < 4.78 is 8.00. The smallest absolute Gasteiger partial charge is 0.175 e. The third-order valence-electron chi connectivity index (χ3n) is 3.67. The summed E-state index contributed by atoms with van der Waals surface area (Å²) in [4.78, 5) is 13.3. The van der Waals surface area contributed by atoms with Crippen LogP contribution in [0.1, 0.15) is 0 Å². The molecular formula is C18H14ClN5OS. The zero-order valence-corrected chi connectivity index (χ0v) is 15.3. The van der Waals surface area contributed by atoms with Crippen LogP contribution in [0.25, 0.3) is 16.4 Å². The third kappa shape index (κ3) is 3.40. The third-order valence-corrected chi connectivity index (χ3v) is 4.81. The molecule has 130 valence electrons. The first-order valence-electron chi connectivity index (χ1n) is 7.76. The Morgan fingerprint density at radius 1 is 1.08 bits per heavy atom. The van der Waals surface area contributed by atoms with E-state index in [9.17, 15) is 0 Å². The van der Waals surface area contributed by atoms with Gasteiger partial charge in [0.1, 0.15) is 20.9 Å². The Hall–Kier alpha value is -2.90. The van der Waals surface area contributed by atoms with Gasteiger partial charge >= 0.3 is 0 Å². The van der Waals surface area contributed by atoms with Gasteiger partial charge in [-0.25, -0.2) is 15.0 Å². The van der Waals surface area contributed by atoms with Crippen molar-refractivity contribution in [3.05, 3.63) is 65.5 Å². The molecule has 0 unspecified atom stereocenters. The number of aromatic nitrogens is 4. The van der Waals surface area contributed by atoms with E-state index in [1.807, 2.05) is 53.4 Å². The highest BCUT2D eigenvalue weighted by atomic mass is 35.5. The molecule has 0 saturated heterocycles. The van der Waals surface area contributed by atoms with Crippen molar-refractivity contribution in [1.82, 2.24) is 19.5 Å². The van der Waals surface area contributed by atoms with E-state index >= 15 is 0 Å². The summed E-state index contributed by atoms with van der Waals surface area (Å²) in [7, 11) is 1.60. The second-order valence-electron chi connectivity index (χ2n) is 5.33. The summed E-state index contributed by atoms with van der Waals surface area (Å²) in [5.41, 5.74) is 1.70. The van der Waals surface area contributed by atoms with Crippen LogP contribution in [0.4, 0.5) is 11.6 Å². The van der Waals surface area contributed by atoms with E-state index in [1.165, 1.54) is 11.3 Å². The molecule has 26 heavy (non-hydrogen) atoms. The first kappa shape index (κ1) is 16.6. The molecule has 0 aliphatic heterocycles. The molecule has 0 aliphatic carbocycles. The molecule has 4 heterocycles. The number of nitrogens with one attached hydrogen (secondary N) is 1. The average Bonchev–Trinajstić information content (AvgIpc) is 3.34. The molecule has 4 rings (SSSR count). The molecule has 0 bridgehead atoms. The van der Waals surface area contributed by atoms with Crippen LogP contribution in [0.5, 0.6) is 5.75 Å². The van der Waals surface area contributed by atoms with E-state index in [0.29, 0.717) is 27.4 Å². The Bertz CT molecular complexity index is 1010. The summed E-state index contributed by atoms with van der Waals surface area (Å²) in [6, 6.07) is 11.5. The minimum atomic E-state index is 0.567. The molecule has 8 heteroatoms. The Kier molecular flexibility index (Phi) is 4.55. The van der Waals surface area contributed by atoms with E-state index in [0.717, 1.165) is 10.7 Å². The molecule has 1 N–H and O–H groups in total. The number of halogens is 1. The number of pyridine rings is 2. The molecule has 0 fully saturated rings. The predicted octanol–water partition coefficient (Wildman–Crippen LogP) is 4.80. The van der Waals surface area contributed by atoms with Crippen LogP contribution >= 0.6 is 22.9 Å². The van der Waals surface area contributed by atoms with Crippen molar-refractivity contribution in [3.63, 3.8) is 0 Å². The normalized spacial score (nSPS) is 10.7. The van der Waals surface area contributed by atoms with E-state index in [1.54, 1.807) is 19.5 Å². The lowest BCUT2D eigenvalue weighted by Gasteiger charge is -2.11. The topological polar surface area (TPSA) is 64.9 Å². The van der Waals surface area contributed by atoms with E-state index in [2.05, 4.69) is 20.3 Å². The van der Waals surface area contributed by atoms with Gasteiger partial charge in [-0.05, 0) is 36.4 Å². The Morgan fingerprint density at radius 3 is 2.58 bits per heavy atom. The Labute approximate surface area is 159 Å². The molecule has 0 saturated carbocycles. The number of nitrogens with zero attached hydrogens (tertiary/aromatic N) is 4. The van der Waals surface area contributed by atoms with Gasteiger partial charge in [-0.1, -0.05) is 11.6 Å². The van der Waals surface area contributed by atoms with Crippen molar-refractivity contribution >= 4 is 34.6 Å². The van der Waals surface area contributed by atoms with Crippen LogP contribution in [0.2, 0.25) is 4.34 Å². The lowest BCUT2D eigenvalue weighted by molar-refractivity contribution is 0.415. The number of thiazole rings is 1. The SMILES string of the molecule is COc1ccc(-c2ncc(Cl)s2)nc1Nc1ccc(-n2cccc2)cn1. The maximum absolute atomic E-state index is 5.97. The molecule has 0 amide bonds. The molecule has 0 atom stereocenters. The minimum Gasteiger partial charge on any atom is -0.493 e. The fraction of sp³-hybridized carbons (Fsp3) is 0.0556. The molecular weight excluding hydrogens is 370 g/mol. The number of hydrogen-bond acceptors (Lipinski definition) is 6. The second-order valence-corrected chi connectivity index (χ2v) is 7.00. The van der Waals surface area contributed by atoms with Crippen LogP contribution < -0.4 is 10.1 Å². The number of anilines is 2. The molecule has 0 aliphatic rings. The molecule has 4 aromatic heterocycles. The van der Waals surface area contributed by atoms with Gasteiger partial charge in [-0.2, -0.15) is 0 Å². The number of rotatable bonds is 5. The fourth-order valence-electron chi connectivity index (χ4n) is 2.43. The lowest BCUT2D eigenvalue weighted by Crippen LogP contribution is -2.01. The van der Waals surface area contributed by atoms with E-state index < -0.39 is 0 Å². The van der Waals surface area contributed by atoms with E-state index in [4.69, 9.17) is 16.3 Å². The van der Waals surface area contributed by atoms with Gasteiger partial charge in [0.05, 0.1) is 25.2 Å². The van der Waals surface area contributed by atoms with Gasteiger partial charge in [-0.15, -0.1) is 11.3 Å². The summed E-state index contributed by atoms with van der Waals surface area (Å²) >= 11 is 7.35. The highest BCUT2D eigenvalue weighted by molar-refractivity contribution is 7.18. The molecule has 4 aromatic rings. The largest absolute Gasteiger partial charge is 0.493 e. The number of methoxy groups -OCH3 is 1. The predicted molar refractivity (Wildman–Crippen MR) is 104 cm³/mol. The van der Waals surface area contributed by atoms with Crippen LogP contribution in [0, 0.1) is 0 Å². The van der Waals surface area contributed by atoms with Crippen molar-refractivity contribution in [2.75, 3.05) is 12.4 Å². The van der Waals surface area contributed by atoms with Crippen molar-refractivity contribution in [2.45, 2.75) is 0 Å². The average molecular weight is 384 g/mol. The lowest BCUT2D eigenvalue weighted by atomic mass is 10.3. The van der Waals surface area contributed by atoms with Gasteiger partial charge < -0.3 is 14.6 Å². The van der Waals surface area contributed by atoms with Crippen molar-refractivity contribution < 1.29 is 4.74 Å². The van der Waals surface area contributed by atoms with Crippen molar-refractivity contribution in [2.24, 2.45) is 0 Å². The minimum absolute atomic E-state index is 0.567. The zero-order valence-electron chi connectivity index (χ0n) is 13.8. The molecule has 6 nitrogen and oxygen atoms in total. The standard InChI is InChI=1S/C18H14ClN5OS/c1-25-14-6-5-13(18-21-11-15(19)26-18)22-17(14)23-16-7-4-12(10-20-16)24-8-2-3-9-24/h2-11H,1H3,(H,20,22,23). The highest BCUT2D eigenvalue weighted by Gasteiger charge is 2.11. The molecule has 0 spiro atoms. The van der Waals surface area contributed by atoms with Gasteiger partial charge in [0.25, 0.3) is 0 Å².